The van der Waals surface area contributed by atoms with Crippen LogP contribution in [-0.4, -0.2) is 29.5 Å². The molecule has 1 aliphatic rings. The molecule has 2 N–H and O–H groups in total. The Bertz CT molecular complexity index is 260. The minimum atomic E-state index is 0.364. The summed E-state index contributed by atoms with van der Waals surface area (Å²) in [6.45, 7) is 1.10. The standard InChI is InChI=1S/C9H15N3S/c1-12-3-2-7(10)4-8(12)9-5-11-6-13-9/h5-8H,2-4,10H2,1H3. The third-order valence-corrected chi connectivity index (χ3v) is 3.57. The van der Waals surface area contributed by atoms with Gasteiger partial charge in [0.25, 0.3) is 0 Å². The Labute approximate surface area is 82.6 Å². The quantitative estimate of drug-likeness (QED) is 0.736. The van der Waals surface area contributed by atoms with Gasteiger partial charge in [-0.25, -0.2) is 0 Å². The number of rotatable bonds is 1. The molecule has 4 heteroatoms. The fraction of sp³-hybridized carbons (Fsp3) is 0.667. The van der Waals surface area contributed by atoms with E-state index in [4.69, 9.17) is 5.73 Å². The third kappa shape index (κ3) is 1.90. The second kappa shape index (κ2) is 3.74. The molecule has 0 aromatic carbocycles. The number of nitrogens with zero attached hydrogens (tertiary/aromatic N) is 2. The molecule has 1 fully saturated rings. The maximum absolute atomic E-state index is 5.95. The van der Waals surface area contributed by atoms with E-state index in [1.165, 1.54) is 4.88 Å². The van der Waals surface area contributed by atoms with Crippen molar-refractivity contribution in [3.05, 3.63) is 16.6 Å². The summed E-state index contributed by atoms with van der Waals surface area (Å²) in [6, 6.07) is 0.861. The topological polar surface area (TPSA) is 42.1 Å². The summed E-state index contributed by atoms with van der Waals surface area (Å²) >= 11 is 1.73. The van der Waals surface area contributed by atoms with Crippen LogP contribution in [0, 0.1) is 0 Å². The van der Waals surface area contributed by atoms with Crippen molar-refractivity contribution in [2.75, 3.05) is 13.6 Å². The Morgan fingerprint density at radius 1 is 1.69 bits per heavy atom. The first-order chi connectivity index (χ1) is 6.27. The zero-order chi connectivity index (χ0) is 9.26. The molecule has 2 rings (SSSR count). The van der Waals surface area contributed by atoms with Crippen molar-refractivity contribution in [2.45, 2.75) is 24.9 Å². The van der Waals surface area contributed by atoms with E-state index < -0.39 is 0 Å². The van der Waals surface area contributed by atoms with E-state index in [2.05, 4.69) is 16.9 Å². The van der Waals surface area contributed by atoms with Gasteiger partial charge in [-0.1, -0.05) is 0 Å². The van der Waals surface area contributed by atoms with Crippen LogP contribution in [0.1, 0.15) is 23.8 Å². The number of likely N-dealkylation sites (tertiary alicyclic amines) is 1. The monoisotopic (exact) mass is 197 g/mol. The summed E-state index contributed by atoms with van der Waals surface area (Å²) < 4.78 is 0. The van der Waals surface area contributed by atoms with Crippen LogP contribution in [0.2, 0.25) is 0 Å². The molecular weight excluding hydrogens is 182 g/mol. The maximum Gasteiger partial charge on any atom is 0.0794 e. The minimum absolute atomic E-state index is 0.364. The highest BCUT2D eigenvalue weighted by molar-refractivity contribution is 7.09. The lowest BCUT2D eigenvalue weighted by molar-refractivity contribution is 0.174. The Balaban J connectivity index is 2.12. The van der Waals surface area contributed by atoms with E-state index in [0.29, 0.717) is 12.1 Å². The summed E-state index contributed by atoms with van der Waals surface area (Å²) in [4.78, 5) is 7.82. The predicted octanol–water partition coefficient (Wildman–Crippen LogP) is 1.24. The van der Waals surface area contributed by atoms with Crippen LogP contribution in [0.5, 0.6) is 0 Å². The van der Waals surface area contributed by atoms with Gasteiger partial charge in [-0.05, 0) is 26.4 Å². The number of nitrogens with two attached hydrogens (primary N) is 1. The van der Waals surface area contributed by atoms with E-state index in [1.54, 1.807) is 11.3 Å². The maximum atomic E-state index is 5.95. The Morgan fingerprint density at radius 3 is 3.23 bits per heavy atom. The number of aromatic nitrogens is 1. The van der Waals surface area contributed by atoms with Crippen LogP contribution in [-0.2, 0) is 0 Å². The SMILES string of the molecule is CN1CCC(N)CC1c1cncs1. The van der Waals surface area contributed by atoms with E-state index in [1.807, 2.05) is 11.7 Å². The molecule has 0 bridgehead atoms. The molecular formula is C9H15N3S. The number of thiazole rings is 1. The van der Waals surface area contributed by atoms with Gasteiger partial charge in [0.15, 0.2) is 0 Å². The van der Waals surface area contributed by atoms with Crippen LogP contribution < -0.4 is 5.73 Å². The van der Waals surface area contributed by atoms with Gasteiger partial charge in [0.1, 0.15) is 0 Å². The van der Waals surface area contributed by atoms with Gasteiger partial charge in [-0.3, -0.25) is 9.88 Å². The normalized spacial score (nSPS) is 30.6. The first-order valence-corrected chi connectivity index (χ1v) is 5.49. The lowest BCUT2D eigenvalue weighted by Crippen LogP contribution is -2.39. The first kappa shape index (κ1) is 9.12. The Kier molecular flexibility index (Phi) is 2.62. The van der Waals surface area contributed by atoms with Gasteiger partial charge >= 0.3 is 0 Å². The van der Waals surface area contributed by atoms with E-state index >= 15 is 0 Å². The van der Waals surface area contributed by atoms with Crippen molar-refractivity contribution in [3.8, 4) is 0 Å². The molecule has 0 radical (unpaired) electrons. The molecule has 0 saturated carbocycles. The average molecular weight is 197 g/mol. The summed E-state index contributed by atoms with van der Waals surface area (Å²) in [7, 11) is 2.16. The van der Waals surface area contributed by atoms with Crippen LogP contribution >= 0.6 is 11.3 Å². The van der Waals surface area contributed by atoms with Crippen LogP contribution in [0.4, 0.5) is 0 Å². The predicted molar refractivity (Wildman–Crippen MR) is 54.7 cm³/mol. The highest BCUT2D eigenvalue weighted by Gasteiger charge is 2.25. The van der Waals surface area contributed by atoms with Crippen molar-refractivity contribution in [1.29, 1.82) is 0 Å². The molecule has 0 aliphatic carbocycles. The molecule has 3 nitrogen and oxygen atoms in total. The molecule has 1 aromatic rings. The summed E-state index contributed by atoms with van der Waals surface area (Å²) in [5.74, 6) is 0. The molecule has 0 amide bonds. The van der Waals surface area contributed by atoms with Crippen LogP contribution in [0.3, 0.4) is 0 Å². The minimum Gasteiger partial charge on any atom is -0.328 e. The molecule has 13 heavy (non-hydrogen) atoms. The first-order valence-electron chi connectivity index (χ1n) is 4.61. The molecule has 2 unspecified atom stereocenters. The largest absolute Gasteiger partial charge is 0.328 e. The highest BCUT2D eigenvalue weighted by Crippen LogP contribution is 2.30. The van der Waals surface area contributed by atoms with Crippen LogP contribution in [0.25, 0.3) is 0 Å². The van der Waals surface area contributed by atoms with Gasteiger partial charge in [0, 0.05) is 23.2 Å². The lowest BCUT2D eigenvalue weighted by Gasteiger charge is -2.34. The zero-order valence-corrected chi connectivity index (χ0v) is 8.63. The zero-order valence-electron chi connectivity index (χ0n) is 7.81. The number of hydrogen-bond acceptors (Lipinski definition) is 4. The van der Waals surface area contributed by atoms with E-state index in [-0.39, 0.29) is 0 Å². The molecule has 1 aliphatic heterocycles. The lowest BCUT2D eigenvalue weighted by atomic mass is 9.98. The van der Waals surface area contributed by atoms with Crippen molar-refractivity contribution in [1.82, 2.24) is 9.88 Å². The van der Waals surface area contributed by atoms with Crippen molar-refractivity contribution in [2.24, 2.45) is 5.73 Å². The van der Waals surface area contributed by atoms with Gasteiger partial charge in [-0.2, -0.15) is 0 Å². The Morgan fingerprint density at radius 2 is 2.54 bits per heavy atom. The smallest absolute Gasteiger partial charge is 0.0794 e. The number of piperidine rings is 1. The highest BCUT2D eigenvalue weighted by atomic mass is 32.1. The second-order valence-corrected chi connectivity index (χ2v) is 4.60. The molecule has 2 heterocycles. The van der Waals surface area contributed by atoms with Crippen molar-refractivity contribution in [3.63, 3.8) is 0 Å². The average Bonchev–Trinajstić information content (AvgIpc) is 2.61. The summed E-state index contributed by atoms with van der Waals surface area (Å²) in [5, 5.41) is 0. The fourth-order valence-corrected chi connectivity index (χ4v) is 2.63. The number of hydrogen-bond donors (Lipinski definition) is 1. The second-order valence-electron chi connectivity index (χ2n) is 3.68. The summed E-state index contributed by atoms with van der Waals surface area (Å²) in [5.41, 5.74) is 7.84. The molecule has 0 spiro atoms. The summed E-state index contributed by atoms with van der Waals surface area (Å²) in [6.07, 6.45) is 4.15. The fourth-order valence-electron chi connectivity index (χ4n) is 1.83. The molecule has 2 atom stereocenters. The van der Waals surface area contributed by atoms with E-state index in [0.717, 1.165) is 19.4 Å². The van der Waals surface area contributed by atoms with Gasteiger partial charge in [0.2, 0.25) is 0 Å². The van der Waals surface area contributed by atoms with Crippen molar-refractivity contribution < 1.29 is 0 Å². The van der Waals surface area contributed by atoms with Crippen LogP contribution in [0.15, 0.2) is 11.7 Å². The van der Waals surface area contributed by atoms with Gasteiger partial charge in [-0.15, -0.1) is 11.3 Å². The molecule has 72 valence electrons. The van der Waals surface area contributed by atoms with E-state index in [9.17, 15) is 0 Å². The Hall–Kier alpha value is -0.450. The van der Waals surface area contributed by atoms with Gasteiger partial charge < -0.3 is 5.73 Å². The van der Waals surface area contributed by atoms with Gasteiger partial charge in [0.05, 0.1) is 5.51 Å². The third-order valence-electron chi connectivity index (χ3n) is 2.69. The molecule has 1 saturated heterocycles. The molecule has 1 aromatic heterocycles. The van der Waals surface area contributed by atoms with Crippen molar-refractivity contribution >= 4 is 11.3 Å².